The molecule has 0 saturated carbocycles. The number of rotatable bonds is 10. The molecular weight excluding hydrogens is 399 g/mol. The van der Waals surface area contributed by atoms with Crippen LogP contribution in [0, 0.1) is 5.82 Å². The van der Waals surface area contributed by atoms with E-state index in [4.69, 9.17) is 0 Å². The van der Waals surface area contributed by atoms with E-state index in [1.54, 1.807) is 11.8 Å². The van der Waals surface area contributed by atoms with Crippen molar-refractivity contribution in [1.82, 2.24) is 25.4 Å². The molecule has 0 aliphatic carbocycles. The second-order valence-corrected chi connectivity index (χ2v) is 8.61. The summed E-state index contributed by atoms with van der Waals surface area (Å²) in [4.78, 5) is 5.76. The predicted molar refractivity (Wildman–Crippen MR) is 122 cm³/mol. The molecule has 0 saturated heterocycles. The van der Waals surface area contributed by atoms with Gasteiger partial charge in [0.15, 0.2) is 5.96 Å². The first kappa shape index (κ1) is 22.6. The molecule has 0 atom stereocenters. The Balaban J connectivity index is 1.35. The standard InChI is InChI=1S/C22H33FN6S/c1-2-24-22(26-15-7-17-30-19-12-10-18(23)11-13-19)25-14-6-9-21-28-27-20-8-4-3-5-16-29(20)21/h10-13H,2-9,14-17H2,1H3,(H2,24,25,26). The van der Waals surface area contributed by atoms with E-state index in [2.05, 4.69) is 37.3 Å². The second-order valence-electron chi connectivity index (χ2n) is 7.44. The van der Waals surface area contributed by atoms with Gasteiger partial charge in [0.1, 0.15) is 17.5 Å². The van der Waals surface area contributed by atoms with Crippen LogP contribution in [-0.4, -0.2) is 46.1 Å². The number of aryl methyl sites for hydroxylation is 2. The fraction of sp³-hybridized carbons (Fsp3) is 0.591. The van der Waals surface area contributed by atoms with Gasteiger partial charge in [-0.3, -0.25) is 4.99 Å². The predicted octanol–water partition coefficient (Wildman–Crippen LogP) is 3.81. The van der Waals surface area contributed by atoms with E-state index < -0.39 is 0 Å². The van der Waals surface area contributed by atoms with Crippen molar-refractivity contribution in [2.75, 3.05) is 25.4 Å². The lowest BCUT2D eigenvalue weighted by atomic mass is 10.2. The fourth-order valence-corrected chi connectivity index (χ4v) is 4.34. The third kappa shape index (κ3) is 7.31. The van der Waals surface area contributed by atoms with Crippen LogP contribution < -0.4 is 10.6 Å². The van der Waals surface area contributed by atoms with Crippen LogP contribution in [0.1, 0.15) is 50.7 Å². The molecule has 164 valence electrons. The molecule has 2 N–H and O–H groups in total. The van der Waals surface area contributed by atoms with Gasteiger partial charge in [-0.2, -0.15) is 0 Å². The molecule has 0 unspecified atom stereocenters. The number of guanidine groups is 1. The maximum absolute atomic E-state index is 12.9. The quantitative estimate of drug-likeness (QED) is 0.259. The van der Waals surface area contributed by atoms with Crippen molar-refractivity contribution in [2.24, 2.45) is 4.99 Å². The smallest absolute Gasteiger partial charge is 0.191 e. The summed E-state index contributed by atoms with van der Waals surface area (Å²) in [5.41, 5.74) is 0. The van der Waals surface area contributed by atoms with Gasteiger partial charge in [-0.1, -0.05) is 6.42 Å². The summed E-state index contributed by atoms with van der Waals surface area (Å²) in [7, 11) is 0. The Hall–Kier alpha value is -2.09. The fourth-order valence-electron chi connectivity index (χ4n) is 3.50. The minimum Gasteiger partial charge on any atom is -0.357 e. The van der Waals surface area contributed by atoms with Crippen molar-refractivity contribution in [1.29, 1.82) is 0 Å². The van der Waals surface area contributed by atoms with Gasteiger partial charge in [-0.15, -0.1) is 22.0 Å². The zero-order valence-electron chi connectivity index (χ0n) is 17.9. The SMILES string of the molecule is CCNC(=NCCCSc1ccc(F)cc1)NCCCc1nnc2n1CCCCC2. The topological polar surface area (TPSA) is 67.1 Å². The number of aliphatic imine (C=N–C) groups is 1. The number of hydrogen-bond donors (Lipinski definition) is 2. The summed E-state index contributed by atoms with van der Waals surface area (Å²) in [5.74, 6) is 3.92. The van der Waals surface area contributed by atoms with Crippen molar-refractivity contribution >= 4 is 17.7 Å². The molecule has 1 aromatic carbocycles. The Labute approximate surface area is 183 Å². The van der Waals surface area contributed by atoms with Crippen LogP contribution in [0.2, 0.25) is 0 Å². The van der Waals surface area contributed by atoms with Crippen molar-refractivity contribution < 1.29 is 4.39 Å². The molecule has 6 nitrogen and oxygen atoms in total. The van der Waals surface area contributed by atoms with E-state index in [0.717, 1.165) is 80.1 Å². The summed E-state index contributed by atoms with van der Waals surface area (Å²) >= 11 is 1.73. The molecule has 2 heterocycles. The van der Waals surface area contributed by atoms with Gasteiger partial charge < -0.3 is 15.2 Å². The van der Waals surface area contributed by atoms with Crippen molar-refractivity contribution in [2.45, 2.75) is 63.3 Å². The summed E-state index contributed by atoms with van der Waals surface area (Å²) in [6, 6.07) is 6.65. The van der Waals surface area contributed by atoms with E-state index in [-0.39, 0.29) is 5.82 Å². The molecule has 3 rings (SSSR count). The lowest BCUT2D eigenvalue weighted by Gasteiger charge is -2.11. The highest BCUT2D eigenvalue weighted by atomic mass is 32.2. The van der Waals surface area contributed by atoms with Crippen LogP contribution >= 0.6 is 11.8 Å². The lowest BCUT2D eigenvalue weighted by molar-refractivity contribution is 0.594. The number of nitrogens with zero attached hydrogens (tertiary/aromatic N) is 4. The molecule has 1 aromatic heterocycles. The van der Waals surface area contributed by atoms with Gasteiger partial charge >= 0.3 is 0 Å². The maximum atomic E-state index is 12.9. The van der Waals surface area contributed by atoms with Gasteiger partial charge in [-0.25, -0.2) is 4.39 Å². The third-order valence-electron chi connectivity index (χ3n) is 5.05. The van der Waals surface area contributed by atoms with Gasteiger partial charge in [-0.05, 0) is 62.6 Å². The molecule has 0 fully saturated rings. The summed E-state index contributed by atoms with van der Waals surface area (Å²) < 4.78 is 15.3. The highest BCUT2D eigenvalue weighted by molar-refractivity contribution is 7.99. The Kier molecular flexibility index (Phi) is 9.47. The largest absolute Gasteiger partial charge is 0.357 e. The molecule has 0 spiro atoms. The van der Waals surface area contributed by atoms with E-state index in [1.807, 2.05) is 12.1 Å². The number of halogens is 1. The van der Waals surface area contributed by atoms with Crippen LogP contribution in [-0.2, 0) is 19.4 Å². The monoisotopic (exact) mass is 432 g/mol. The lowest BCUT2D eigenvalue weighted by Crippen LogP contribution is -2.38. The Morgan fingerprint density at radius 2 is 2.00 bits per heavy atom. The molecule has 0 amide bonds. The zero-order chi connectivity index (χ0) is 21.0. The first-order valence-corrected chi connectivity index (χ1v) is 12.1. The van der Waals surface area contributed by atoms with Crippen LogP contribution in [0.3, 0.4) is 0 Å². The van der Waals surface area contributed by atoms with Crippen molar-refractivity contribution in [3.8, 4) is 0 Å². The summed E-state index contributed by atoms with van der Waals surface area (Å²) in [6.45, 7) is 5.60. The highest BCUT2D eigenvalue weighted by Crippen LogP contribution is 2.18. The Morgan fingerprint density at radius 3 is 2.83 bits per heavy atom. The van der Waals surface area contributed by atoms with Crippen LogP contribution in [0.25, 0.3) is 0 Å². The molecule has 8 heteroatoms. The minimum atomic E-state index is -0.190. The Morgan fingerprint density at radius 1 is 1.13 bits per heavy atom. The second kappa shape index (κ2) is 12.6. The van der Waals surface area contributed by atoms with Gasteiger partial charge in [0, 0.05) is 43.9 Å². The normalized spacial score (nSPS) is 14.3. The highest BCUT2D eigenvalue weighted by Gasteiger charge is 2.14. The number of benzene rings is 1. The van der Waals surface area contributed by atoms with Gasteiger partial charge in [0.25, 0.3) is 0 Å². The molecular formula is C22H33FN6S. The summed E-state index contributed by atoms with van der Waals surface area (Å²) in [5, 5.41) is 15.5. The molecule has 0 bridgehead atoms. The third-order valence-corrected chi connectivity index (χ3v) is 6.15. The van der Waals surface area contributed by atoms with Crippen LogP contribution in [0.15, 0.2) is 34.2 Å². The first-order chi connectivity index (χ1) is 14.8. The van der Waals surface area contributed by atoms with Gasteiger partial charge in [0.05, 0.1) is 0 Å². The van der Waals surface area contributed by atoms with E-state index >= 15 is 0 Å². The number of hydrogen-bond acceptors (Lipinski definition) is 4. The number of fused-ring (bicyclic) bond motifs is 1. The average Bonchev–Trinajstić information content (AvgIpc) is 2.98. The maximum Gasteiger partial charge on any atom is 0.191 e. The van der Waals surface area contributed by atoms with E-state index in [9.17, 15) is 4.39 Å². The number of thioether (sulfide) groups is 1. The first-order valence-electron chi connectivity index (χ1n) is 11.1. The molecule has 30 heavy (non-hydrogen) atoms. The minimum absolute atomic E-state index is 0.190. The number of nitrogens with one attached hydrogen (secondary N) is 2. The average molecular weight is 433 g/mol. The summed E-state index contributed by atoms with van der Waals surface area (Å²) in [6.07, 6.45) is 7.72. The molecule has 0 radical (unpaired) electrons. The molecule has 1 aliphatic rings. The molecule has 1 aliphatic heterocycles. The van der Waals surface area contributed by atoms with Crippen LogP contribution in [0.5, 0.6) is 0 Å². The van der Waals surface area contributed by atoms with Gasteiger partial charge in [0.2, 0.25) is 0 Å². The van der Waals surface area contributed by atoms with Crippen molar-refractivity contribution in [3.05, 3.63) is 41.7 Å². The van der Waals surface area contributed by atoms with Crippen LogP contribution in [0.4, 0.5) is 4.39 Å². The Bertz CT molecular complexity index is 789. The van der Waals surface area contributed by atoms with E-state index in [0.29, 0.717) is 0 Å². The molecule has 2 aromatic rings. The van der Waals surface area contributed by atoms with E-state index in [1.165, 1.54) is 31.4 Å². The number of aromatic nitrogens is 3. The zero-order valence-corrected chi connectivity index (χ0v) is 18.7. The van der Waals surface area contributed by atoms with Crippen molar-refractivity contribution in [3.63, 3.8) is 0 Å².